The Labute approximate surface area is 753 Å². The molecule has 20 atom stereocenters. The van der Waals surface area contributed by atoms with E-state index in [2.05, 4.69) is 0 Å². The number of phenols is 7. The summed E-state index contributed by atoms with van der Waals surface area (Å²) in [7, 11) is 4.20. The Hall–Kier alpha value is -14.4. The molecule has 5 saturated carbocycles. The van der Waals surface area contributed by atoms with Crippen molar-refractivity contribution >= 4 is 102 Å². The molecule has 0 aromatic heterocycles. The van der Waals surface area contributed by atoms with Crippen molar-refractivity contribution in [2.45, 2.75) is 184 Å². The summed E-state index contributed by atoms with van der Waals surface area (Å²) in [6, 6.07) is 29.8. The van der Waals surface area contributed by atoms with Crippen LogP contribution in [0.25, 0.3) is 36.5 Å². The average Bonchev–Trinajstić information content (AvgIpc) is 1.65. The molecule has 10 fully saturated rings. The average molecular weight is 1850 g/mol. The molecule has 41 nitrogen and oxygen atoms in total. The van der Waals surface area contributed by atoms with E-state index < -0.39 is 185 Å². The summed E-state index contributed by atoms with van der Waals surface area (Å²) >= 11 is 0. The zero-order valence-corrected chi connectivity index (χ0v) is 70.6. The number of methoxy groups -OCH3 is 3. The Kier molecular flexibility index (Phi) is 30.0. The van der Waals surface area contributed by atoms with Crippen LogP contribution in [-0.4, -0.2) is 288 Å². The van der Waals surface area contributed by atoms with E-state index in [-0.39, 0.29) is 122 Å². The van der Waals surface area contributed by atoms with Crippen molar-refractivity contribution in [2.24, 2.45) is 0 Å². The highest BCUT2D eigenvalue weighted by atomic mass is 16.7. The van der Waals surface area contributed by atoms with Crippen molar-refractivity contribution in [3.05, 3.63) is 191 Å². The Morgan fingerprint density at radius 2 is 0.526 bits per heavy atom. The largest absolute Gasteiger partial charge is 0.508 e. The number of ether oxygens (including phenoxy) is 14. The molecule has 41 heteroatoms. The minimum absolute atomic E-state index is 0.00250. The molecule has 133 heavy (non-hydrogen) atoms. The van der Waals surface area contributed by atoms with Crippen LogP contribution in [0.1, 0.15) is 97.6 Å². The Balaban J connectivity index is 0.000000152. The van der Waals surface area contributed by atoms with Gasteiger partial charge in [0.05, 0.1) is 33.5 Å². The second-order valence-corrected chi connectivity index (χ2v) is 32.4. The molecular weight excluding hydrogens is 1760 g/mol. The second kappa shape index (κ2) is 40.9. The van der Waals surface area contributed by atoms with Crippen LogP contribution >= 0.6 is 0 Å². The molecular formula is C92H92O41. The smallest absolute Gasteiger partial charge is 0.338 e. The van der Waals surface area contributed by atoms with E-state index in [4.69, 9.17) is 66.3 Å². The third-order valence-corrected chi connectivity index (χ3v) is 22.8. The highest BCUT2D eigenvalue weighted by Crippen LogP contribution is 2.46. The summed E-state index contributed by atoms with van der Waals surface area (Å²) < 4.78 is 71.4. The lowest BCUT2D eigenvalue weighted by Crippen LogP contribution is -2.51. The van der Waals surface area contributed by atoms with Crippen LogP contribution in [0.3, 0.4) is 0 Å². The van der Waals surface area contributed by atoms with Crippen LogP contribution in [0.4, 0.5) is 0 Å². The van der Waals surface area contributed by atoms with Gasteiger partial charge in [-0.25, -0.2) is 52.7 Å². The number of hydrogen-bond acceptors (Lipinski definition) is 41. The van der Waals surface area contributed by atoms with E-state index in [1.54, 1.807) is 42.5 Å². The van der Waals surface area contributed by atoms with E-state index in [1.165, 1.54) is 149 Å². The molecule has 5 heterocycles. The van der Waals surface area contributed by atoms with Gasteiger partial charge in [0.2, 0.25) is 0 Å². The van der Waals surface area contributed by atoms with Crippen molar-refractivity contribution in [3.63, 3.8) is 0 Å². The van der Waals surface area contributed by atoms with Gasteiger partial charge in [-0.1, -0.05) is 48.5 Å². The summed E-state index contributed by atoms with van der Waals surface area (Å²) in [5, 5.41) is 157. The van der Waals surface area contributed by atoms with Gasteiger partial charge >= 0.3 is 65.7 Å². The van der Waals surface area contributed by atoms with Crippen molar-refractivity contribution in [1.82, 2.24) is 0 Å². The number of aromatic hydroxyl groups is 7. The summed E-state index contributed by atoms with van der Waals surface area (Å²) in [5.74, 6) is -8.50. The number of esters is 11. The van der Waals surface area contributed by atoms with E-state index >= 15 is 0 Å². The van der Waals surface area contributed by atoms with Crippen molar-refractivity contribution < 1.29 is 201 Å². The molecule has 10 bridgehead atoms. The topological polar surface area (TPSA) is 641 Å². The van der Waals surface area contributed by atoms with Crippen molar-refractivity contribution in [2.75, 3.05) is 21.3 Å². The zero-order chi connectivity index (χ0) is 96.3. The number of benzene rings is 6. The highest BCUT2D eigenvalue weighted by molar-refractivity contribution is 5.92. The quantitative estimate of drug-likeness (QED) is 0.0213. The second-order valence-electron chi connectivity index (χ2n) is 32.4. The number of rotatable bonds is 21. The van der Waals surface area contributed by atoms with Gasteiger partial charge in [-0.2, -0.15) is 0 Å². The van der Waals surface area contributed by atoms with Gasteiger partial charge < -0.3 is 148 Å². The maximum Gasteiger partial charge on any atom is 0.338 e. The number of aliphatic hydroxyl groups is 9. The Morgan fingerprint density at radius 3 is 0.842 bits per heavy atom. The predicted molar refractivity (Wildman–Crippen MR) is 448 cm³/mol. The summed E-state index contributed by atoms with van der Waals surface area (Å²) in [4.78, 5) is 131. The minimum atomic E-state index is -1.87. The number of hydrogen-bond donors (Lipinski definition) is 16. The lowest BCUT2D eigenvalue weighted by Gasteiger charge is -2.35. The molecule has 6 aromatic carbocycles. The van der Waals surface area contributed by atoms with Crippen LogP contribution in [-0.2, 0) is 105 Å². The van der Waals surface area contributed by atoms with E-state index in [9.17, 15) is 134 Å². The van der Waals surface area contributed by atoms with Gasteiger partial charge in [0.25, 0.3) is 0 Å². The number of aliphatic hydroxyl groups excluding tert-OH is 4. The fourth-order valence-electron chi connectivity index (χ4n) is 15.9. The Morgan fingerprint density at radius 1 is 0.286 bits per heavy atom. The molecule has 0 amide bonds. The fraction of sp³-hybridized carbons (Fsp3) is 0.359. The molecule has 16 N–H and O–H groups in total. The zero-order valence-electron chi connectivity index (χ0n) is 70.6. The van der Waals surface area contributed by atoms with Crippen LogP contribution in [0.15, 0.2) is 158 Å². The van der Waals surface area contributed by atoms with Gasteiger partial charge in [0, 0.05) is 101 Å². The molecule has 10 aliphatic rings. The molecule has 0 radical (unpaired) electrons. The number of carbonyl (C=O) groups excluding carboxylic acids is 11. The molecule has 5 aliphatic carbocycles. The van der Waals surface area contributed by atoms with Gasteiger partial charge in [0.1, 0.15) is 72.5 Å². The van der Waals surface area contributed by atoms with Gasteiger partial charge in [0.15, 0.2) is 92.3 Å². The van der Waals surface area contributed by atoms with Crippen LogP contribution in [0, 0.1) is 0 Å². The van der Waals surface area contributed by atoms with E-state index in [0.717, 1.165) is 24.3 Å². The van der Waals surface area contributed by atoms with Crippen LogP contribution < -0.4 is 14.2 Å². The third-order valence-electron chi connectivity index (χ3n) is 22.8. The summed E-state index contributed by atoms with van der Waals surface area (Å²) in [6.07, 6.45) is -1.54. The van der Waals surface area contributed by atoms with Gasteiger partial charge in [-0.15, -0.1) is 0 Å². The SMILES string of the molecule is COc1cc(/C=C/C(=O)OC2C[C@]3(O)CC(OC3=O)[C@@H]2O)ccc1O.COc1cc(/C=C/C(=O)O[C@@H]2C(O)C[C@]3(O)CC2OC3=O)ccc1O.COc1cc(/C=C/C(=O)O[C@@H]2C(OC(=O)/C=C/c3ccc(O)c(O)c3)C[C@]3(O)CC2OC3=O)ccc1O.O=C(/C=C/c1ccc(O)cc1)OC1C[C@]2(O)CC(OC2=O)[C@@H]1O.O=C(/C=C/c1ccc(O)cc1)O[C@@H]1C(O)C[C@]2(O)CC1OC2=O. The first-order valence-electron chi connectivity index (χ1n) is 40.9. The first-order chi connectivity index (χ1) is 63.0. The van der Waals surface area contributed by atoms with E-state index in [1.807, 2.05) is 0 Å². The standard InChI is InChI=1S/C26H24O11.2C17H18O8.2C16H16O7/c1-34-19-11-15(3-7-17(19)28)5-9-23(31)37-24-20(12-26(33)13-21(24)36-25(26)32)35-22(30)8-4-14-2-6-16(27)18(29)10-14;1-23-12-6-9(2-4-10(12)18)3-5-14(20)25-15-11(19)7-17(22)8-13(15)24-16(17)21;1-23-11-6-9(2-4-10(11)18)3-5-14(19)24-12-7-17(22)8-13(15(12)20)25-16(17)21;17-10-4-1-9(2-5-10)3-6-13(18)22-11-7-16(21)8-12(14(11)19)23-15(16)20;17-10-4-1-9(2-5-10)3-6-13(19)23-14-11(18)7-16(21)8-12(14)22-15(16)20/h2-11,20-21,24,27-29,33H,12-13H2,1H3;2-6,11,13,15,18-19,22H,7-8H2,1H3;2-6,12-13,15,18,20,22H,7-8H2,1H3;1-6,11-12,14,17,19,21H,7-8H2;1-6,11-12,14,17-18,21H,7-8H2/b8-4+,9-5+;2*5-3+;2*6-3+/t20?,21?,24-,26+;11?,13?,15-,17+;12?,13?,15-,17+;2*11?,12?,14-,16+/m11111/s1. The first-order valence-corrected chi connectivity index (χ1v) is 40.9. The van der Waals surface area contributed by atoms with Gasteiger partial charge in [-0.05, 0) is 143 Å². The fourth-order valence-corrected chi connectivity index (χ4v) is 15.9. The van der Waals surface area contributed by atoms with Crippen molar-refractivity contribution in [3.8, 4) is 57.5 Å². The van der Waals surface area contributed by atoms with Crippen LogP contribution in [0.2, 0.25) is 0 Å². The number of fused-ring (bicyclic) bond motifs is 10. The highest BCUT2D eigenvalue weighted by Gasteiger charge is 2.64. The monoisotopic (exact) mass is 1850 g/mol. The lowest BCUT2D eigenvalue weighted by molar-refractivity contribution is -0.178. The number of carbonyl (C=O) groups is 11. The molecule has 6 aromatic rings. The predicted octanol–water partition coefficient (Wildman–Crippen LogP) is 2.34. The lowest BCUT2D eigenvalue weighted by atomic mass is 9.82. The van der Waals surface area contributed by atoms with Crippen LogP contribution in [0.5, 0.6) is 57.5 Å². The Bertz CT molecular complexity index is 5580. The maximum atomic E-state index is 12.6. The normalized spacial score (nSPS) is 29.9. The molecule has 706 valence electrons. The summed E-state index contributed by atoms with van der Waals surface area (Å²) in [6.45, 7) is 0. The molecule has 0 spiro atoms. The maximum absolute atomic E-state index is 12.6. The number of phenolic OH excluding ortho intramolecular Hbond substituents is 7. The summed E-state index contributed by atoms with van der Waals surface area (Å²) in [5.41, 5.74) is -5.20. The molecule has 10 unspecified atom stereocenters. The molecule has 16 rings (SSSR count). The van der Waals surface area contributed by atoms with E-state index in [0.29, 0.717) is 33.4 Å². The van der Waals surface area contributed by atoms with Gasteiger partial charge in [-0.3, -0.25) is 0 Å². The molecule has 5 saturated heterocycles. The molecule has 5 aliphatic heterocycles. The first kappa shape index (κ1) is 97.6. The van der Waals surface area contributed by atoms with Crippen molar-refractivity contribution in [1.29, 1.82) is 0 Å². The third kappa shape index (κ3) is 23.7. The minimum Gasteiger partial charge on any atom is -0.508 e.